The van der Waals surface area contributed by atoms with E-state index in [9.17, 15) is 4.79 Å². The van der Waals surface area contributed by atoms with Gasteiger partial charge in [-0.3, -0.25) is 9.36 Å². The Hall–Kier alpha value is -1.91. The molecule has 0 fully saturated rings. The van der Waals surface area contributed by atoms with E-state index in [0.717, 1.165) is 27.9 Å². The second-order valence-corrected chi connectivity index (χ2v) is 6.88. The molecule has 2 heterocycles. The van der Waals surface area contributed by atoms with E-state index in [1.54, 1.807) is 22.8 Å². The molecule has 1 aliphatic rings. The van der Waals surface area contributed by atoms with Crippen molar-refractivity contribution >= 4 is 50.1 Å². The highest BCUT2D eigenvalue weighted by molar-refractivity contribution is 9.10. The van der Waals surface area contributed by atoms with Crippen LogP contribution in [-0.4, -0.2) is 9.55 Å². The quantitative estimate of drug-likeness (QED) is 0.603. The molecule has 0 amide bonds. The normalized spacial score (nSPS) is 15.3. The third kappa shape index (κ3) is 2.62. The van der Waals surface area contributed by atoms with Gasteiger partial charge in [-0.25, -0.2) is 4.98 Å². The molecule has 0 saturated heterocycles. The van der Waals surface area contributed by atoms with E-state index in [0.29, 0.717) is 22.5 Å². The highest BCUT2D eigenvalue weighted by Crippen LogP contribution is 2.28. The zero-order valence-corrected chi connectivity index (χ0v) is 14.4. The average Bonchev–Trinajstić information content (AvgIpc) is 2.90. The zero-order chi connectivity index (χ0) is 16.0. The minimum absolute atomic E-state index is 0.000640. The van der Waals surface area contributed by atoms with Gasteiger partial charge in [-0.1, -0.05) is 39.7 Å². The molecule has 0 aliphatic carbocycles. The molecule has 0 radical (unpaired) electrons. The molecule has 3 aromatic rings. The lowest BCUT2D eigenvalue weighted by atomic mass is 10.1. The Morgan fingerprint density at radius 2 is 2.09 bits per heavy atom. The third-order valence-electron chi connectivity index (χ3n) is 4.00. The summed E-state index contributed by atoms with van der Waals surface area (Å²) in [6.07, 6.45) is 2.89. The molecule has 0 atom stereocenters. The molecule has 3 nitrogen and oxygen atoms in total. The van der Waals surface area contributed by atoms with Gasteiger partial charge in [0.1, 0.15) is 5.82 Å². The predicted octanol–water partition coefficient (Wildman–Crippen LogP) is 4.76. The topological polar surface area (TPSA) is 34.9 Å². The van der Waals surface area contributed by atoms with Gasteiger partial charge in [-0.15, -0.1) is 0 Å². The molecule has 4 rings (SSSR count). The molecule has 0 N–H and O–H groups in total. The number of halogens is 2. The van der Waals surface area contributed by atoms with Crippen LogP contribution in [0.25, 0.3) is 22.6 Å². The maximum atomic E-state index is 12.6. The first-order valence-electron chi connectivity index (χ1n) is 7.28. The van der Waals surface area contributed by atoms with Gasteiger partial charge in [0.2, 0.25) is 0 Å². The molecular formula is C18H12BrClN2O. The second-order valence-electron chi connectivity index (χ2n) is 5.53. The number of aromatic nitrogens is 2. The Labute approximate surface area is 146 Å². The van der Waals surface area contributed by atoms with Crippen molar-refractivity contribution in [2.24, 2.45) is 0 Å². The Balaban J connectivity index is 1.91. The molecule has 5 heteroatoms. The Bertz CT molecular complexity index is 1020. The molecule has 23 heavy (non-hydrogen) atoms. The summed E-state index contributed by atoms with van der Waals surface area (Å²) in [4.78, 5) is 17.3. The number of benzene rings is 2. The van der Waals surface area contributed by atoms with Crippen molar-refractivity contribution in [3.05, 3.63) is 73.7 Å². The van der Waals surface area contributed by atoms with Crippen molar-refractivity contribution in [3.63, 3.8) is 0 Å². The third-order valence-corrected chi connectivity index (χ3v) is 4.73. The van der Waals surface area contributed by atoms with Crippen LogP contribution in [-0.2, 0) is 6.54 Å². The van der Waals surface area contributed by atoms with Crippen LogP contribution in [0.5, 0.6) is 0 Å². The summed E-state index contributed by atoms with van der Waals surface area (Å²) < 4.78 is 2.78. The van der Waals surface area contributed by atoms with Gasteiger partial charge >= 0.3 is 0 Å². The van der Waals surface area contributed by atoms with Crippen LogP contribution in [0.1, 0.15) is 17.8 Å². The maximum Gasteiger partial charge on any atom is 0.261 e. The number of rotatable bonds is 1. The van der Waals surface area contributed by atoms with Gasteiger partial charge in [0.25, 0.3) is 5.56 Å². The second kappa shape index (κ2) is 5.62. The summed E-state index contributed by atoms with van der Waals surface area (Å²) >= 11 is 9.52. The van der Waals surface area contributed by atoms with E-state index in [4.69, 9.17) is 11.6 Å². The molecule has 0 bridgehead atoms. The average molecular weight is 388 g/mol. The van der Waals surface area contributed by atoms with Crippen LogP contribution in [0.4, 0.5) is 0 Å². The minimum Gasteiger partial charge on any atom is -0.292 e. The van der Waals surface area contributed by atoms with E-state index in [1.807, 2.05) is 24.3 Å². The maximum absolute atomic E-state index is 12.6. The van der Waals surface area contributed by atoms with Crippen LogP contribution in [0, 0.1) is 0 Å². The molecule has 2 aromatic carbocycles. The Morgan fingerprint density at radius 1 is 1.22 bits per heavy atom. The summed E-state index contributed by atoms with van der Waals surface area (Å²) in [5, 5.41) is 1.20. The lowest BCUT2D eigenvalue weighted by Gasteiger charge is -2.06. The summed E-state index contributed by atoms with van der Waals surface area (Å²) in [7, 11) is 0. The molecule has 114 valence electrons. The van der Waals surface area contributed by atoms with Gasteiger partial charge < -0.3 is 0 Å². The summed E-state index contributed by atoms with van der Waals surface area (Å²) in [6.45, 7) is 0.666. The monoisotopic (exact) mass is 386 g/mol. The fraction of sp³-hybridized carbons (Fsp3) is 0.111. The van der Waals surface area contributed by atoms with Crippen LogP contribution in [0.3, 0.4) is 0 Å². The molecule has 1 aromatic heterocycles. The highest BCUT2D eigenvalue weighted by atomic mass is 79.9. The SMILES string of the molecule is O=c1c2ccc(Cl)cc2nc2n1CC/C2=C/c1cccc(Br)c1. The number of allylic oxidation sites excluding steroid dienone is 1. The van der Waals surface area contributed by atoms with Crippen LogP contribution >= 0.6 is 27.5 Å². The molecule has 0 spiro atoms. The molecule has 0 unspecified atom stereocenters. The fourth-order valence-electron chi connectivity index (χ4n) is 2.93. The van der Waals surface area contributed by atoms with E-state index >= 15 is 0 Å². The molecule has 0 saturated carbocycles. The van der Waals surface area contributed by atoms with Crippen LogP contribution in [0.15, 0.2) is 51.7 Å². The van der Waals surface area contributed by atoms with Crippen molar-refractivity contribution in [3.8, 4) is 0 Å². The molecule has 1 aliphatic heterocycles. The van der Waals surface area contributed by atoms with Gasteiger partial charge in [0.15, 0.2) is 0 Å². The first-order valence-corrected chi connectivity index (χ1v) is 8.45. The first-order chi connectivity index (χ1) is 11.1. The van der Waals surface area contributed by atoms with Crippen molar-refractivity contribution in [2.75, 3.05) is 0 Å². The van der Waals surface area contributed by atoms with Crippen molar-refractivity contribution in [2.45, 2.75) is 13.0 Å². The van der Waals surface area contributed by atoms with E-state index in [-0.39, 0.29) is 5.56 Å². The van der Waals surface area contributed by atoms with Crippen LogP contribution < -0.4 is 5.56 Å². The fourth-order valence-corrected chi connectivity index (χ4v) is 3.51. The minimum atomic E-state index is -0.000640. The van der Waals surface area contributed by atoms with Crippen LogP contribution in [0.2, 0.25) is 5.02 Å². The van der Waals surface area contributed by atoms with Gasteiger partial charge in [-0.2, -0.15) is 0 Å². The van der Waals surface area contributed by atoms with Crippen molar-refractivity contribution in [1.82, 2.24) is 9.55 Å². The summed E-state index contributed by atoms with van der Waals surface area (Å²) in [6, 6.07) is 13.3. The standard InChI is InChI=1S/C18H12BrClN2O/c19-13-3-1-2-11(9-13)8-12-6-7-22-17(12)21-16-10-14(20)4-5-15(16)18(22)23/h1-5,8-10H,6-7H2/b12-8-. The van der Waals surface area contributed by atoms with Crippen molar-refractivity contribution < 1.29 is 0 Å². The largest absolute Gasteiger partial charge is 0.292 e. The number of fused-ring (bicyclic) bond motifs is 2. The number of hydrogen-bond donors (Lipinski definition) is 0. The van der Waals surface area contributed by atoms with E-state index < -0.39 is 0 Å². The zero-order valence-electron chi connectivity index (χ0n) is 12.1. The molecular weight excluding hydrogens is 376 g/mol. The lowest BCUT2D eigenvalue weighted by molar-refractivity contribution is 0.725. The van der Waals surface area contributed by atoms with Gasteiger partial charge in [0.05, 0.1) is 10.9 Å². The first kappa shape index (κ1) is 14.7. The summed E-state index contributed by atoms with van der Waals surface area (Å²) in [5.74, 6) is 0.741. The smallest absolute Gasteiger partial charge is 0.261 e. The summed E-state index contributed by atoms with van der Waals surface area (Å²) in [5.41, 5.74) is 2.81. The lowest BCUT2D eigenvalue weighted by Crippen LogP contribution is -2.20. The van der Waals surface area contributed by atoms with Gasteiger partial charge in [0, 0.05) is 16.0 Å². The van der Waals surface area contributed by atoms with E-state index in [2.05, 4.69) is 27.0 Å². The highest BCUT2D eigenvalue weighted by Gasteiger charge is 2.20. The Kier molecular flexibility index (Phi) is 3.58. The number of nitrogens with zero attached hydrogens (tertiary/aromatic N) is 2. The van der Waals surface area contributed by atoms with Crippen molar-refractivity contribution in [1.29, 1.82) is 0 Å². The van der Waals surface area contributed by atoms with Gasteiger partial charge in [-0.05, 0) is 54.0 Å². The van der Waals surface area contributed by atoms with E-state index in [1.165, 1.54) is 0 Å². The number of hydrogen-bond acceptors (Lipinski definition) is 2. The predicted molar refractivity (Wildman–Crippen MR) is 97.6 cm³/mol. The Morgan fingerprint density at radius 3 is 2.91 bits per heavy atom.